The maximum atomic E-state index is 13.2. The van der Waals surface area contributed by atoms with E-state index in [9.17, 15) is 9.59 Å². The van der Waals surface area contributed by atoms with E-state index in [2.05, 4.69) is 10.3 Å². The SMILES string of the molecule is CCCC(=O)Oc1cc2ccccc2cc1C(=O)Nc1ccc(-c2cnco2)c(OC)c1. The molecule has 0 aliphatic rings. The Labute approximate surface area is 185 Å². The second kappa shape index (κ2) is 9.34. The fraction of sp³-hybridized carbons (Fsp3) is 0.160. The van der Waals surface area contributed by atoms with Gasteiger partial charge in [0.15, 0.2) is 12.2 Å². The fourth-order valence-corrected chi connectivity index (χ4v) is 3.38. The number of benzene rings is 3. The third kappa shape index (κ3) is 4.46. The van der Waals surface area contributed by atoms with Gasteiger partial charge in [0.1, 0.15) is 11.5 Å². The molecule has 1 heterocycles. The van der Waals surface area contributed by atoms with Crippen LogP contribution in [0.5, 0.6) is 11.5 Å². The molecule has 1 N–H and O–H groups in total. The minimum absolute atomic E-state index is 0.227. The summed E-state index contributed by atoms with van der Waals surface area (Å²) in [6, 6.07) is 16.2. The van der Waals surface area contributed by atoms with Crippen molar-refractivity contribution in [3.63, 3.8) is 0 Å². The third-order valence-corrected chi connectivity index (χ3v) is 4.93. The molecule has 0 spiro atoms. The number of oxazole rings is 1. The first kappa shape index (κ1) is 21.1. The van der Waals surface area contributed by atoms with Crippen LogP contribution in [0.4, 0.5) is 5.69 Å². The number of anilines is 1. The standard InChI is InChI=1S/C25H22N2O5/c1-3-6-24(28)32-22-12-17-8-5-4-7-16(17)11-20(22)25(29)27-18-9-10-19(21(13-18)30-2)23-14-26-15-31-23/h4-5,7-15H,3,6H2,1-2H3,(H,27,29). The zero-order valence-corrected chi connectivity index (χ0v) is 17.8. The van der Waals surface area contributed by atoms with Crippen LogP contribution in [0.15, 0.2) is 71.6 Å². The van der Waals surface area contributed by atoms with Crippen LogP contribution >= 0.6 is 0 Å². The van der Waals surface area contributed by atoms with Gasteiger partial charge in [0, 0.05) is 18.2 Å². The summed E-state index contributed by atoms with van der Waals surface area (Å²) in [7, 11) is 1.54. The Morgan fingerprint density at radius 2 is 1.81 bits per heavy atom. The molecule has 4 rings (SSSR count). The molecule has 0 saturated heterocycles. The molecule has 0 bridgehead atoms. The number of esters is 1. The smallest absolute Gasteiger partial charge is 0.311 e. The number of methoxy groups -OCH3 is 1. The van der Waals surface area contributed by atoms with Gasteiger partial charge < -0.3 is 19.2 Å². The lowest BCUT2D eigenvalue weighted by molar-refractivity contribution is -0.134. The Morgan fingerprint density at radius 3 is 2.50 bits per heavy atom. The number of nitrogens with zero attached hydrogens (tertiary/aromatic N) is 1. The summed E-state index contributed by atoms with van der Waals surface area (Å²) in [4.78, 5) is 29.2. The molecule has 0 fully saturated rings. The lowest BCUT2D eigenvalue weighted by Gasteiger charge is -2.13. The molecule has 162 valence electrons. The summed E-state index contributed by atoms with van der Waals surface area (Å²) >= 11 is 0. The molecule has 0 unspecified atom stereocenters. The zero-order valence-electron chi connectivity index (χ0n) is 17.8. The van der Waals surface area contributed by atoms with E-state index in [-0.39, 0.29) is 23.7 Å². The molecule has 1 aromatic heterocycles. The van der Waals surface area contributed by atoms with Crippen LogP contribution in [0.1, 0.15) is 30.1 Å². The van der Waals surface area contributed by atoms with Crippen molar-refractivity contribution < 1.29 is 23.5 Å². The molecule has 4 aromatic rings. The summed E-state index contributed by atoms with van der Waals surface area (Å²) in [6.45, 7) is 1.89. The number of hydrogen-bond acceptors (Lipinski definition) is 6. The summed E-state index contributed by atoms with van der Waals surface area (Å²) in [5, 5.41) is 4.60. The Balaban J connectivity index is 1.66. The largest absolute Gasteiger partial charge is 0.496 e. The van der Waals surface area contributed by atoms with Gasteiger partial charge in [0.25, 0.3) is 5.91 Å². The highest BCUT2D eigenvalue weighted by Gasteiger charge is 2.18. The van der Waals surface area contributed by atoms with Gasteiger partial charge in [0.05, 0.1) is 24.4 Å². The molecular formula is C25H22N2O5. The number of aromatic nitrogens is 1. The second-order valence-corrected chi connectivity index (χ2v) is 7.15. The van der Waals surface area contributed by atoms with E-state index in [4.69, 9.17) is 13.9 Å². The van der Waals surface area contributed by atoms with Gasteiger partial charge in [-0.25, -0.2) is 4.98 Å². The Hall–Kier alpha value is -4.13. The van der Waals surface area contributed by atoms with Crippen molar-refractivity contribution in [1.82, 2.24) is 4.98 Å². The predicted octanol–water partition coefficient (Wildman–Crippen LogP) is 5.46. The van der Waals surface area contributed by atoms with E-state index in [0.717, 1.165) is 10.8 Å². The molecular weight excluding hydrogens is 408 g/mol. The van der Waals surface area contributed by atoms with Crippen molar-refractivity contribution in [3.8, 4) is 22.8 Å². The summed E-state index contributed by atoms with van der Waals surface area (Å²) < 4.78 is 16.3. The van der Waals surface area contributed by atoms with Gasteiger partial charge in [0.2, 0.25) is 0 Å². The lowest BCUT2D eigenvalue weighted by atomic mass is 10.0. The summed E-state index contributed by atoms with van der Waals surface area (Å²) in [6.07, 6.45) is 3.85. The van der Waals surface area contributed by atoms with E-state index < -0.39 is 5.91 Å². The van der Waals surface area contributed by atoms with Gasteiger partial charge in [-0.15, -0.1) is 0 Å². The first-order valence-electron chi connectivity index (χ1n) is 10.2. The van der Waals surface area contributed by atoms with E-state index in [1.807, 2.05) is 31.2 Å². The van der Waals surface area contributed by atoms with Gasteiger partial charge in [-0.2, -0.15) is 0 Å². The van der Waals surface area contributed by atoms with Crippen molar-refractivity contribution >= 4 is 28.3 Å². The molecule has 3 aromatic carbocycles. The van der Waals surface area contributed by atoms with Gasteiger partial charge in [-0.3, -0.25) is 9.59 Å². The fourth-order valence-electron chi connectivity index (χ4n) is 3.38. The molecule has 0 atom stereocenters. The van der Waals surface area contributed by atoms with Crippen LogP contribution in [-0.4, -0.2) is 24.0 Å². The highest BCUT2D eigenvalue weighted by atomic mass is 16.5. The van der Waals surface area contributed by atoms with Crippen molar-refractivity contribution in [1.29, 1.82) is 0 Å². The van der Waals surface area contributed by atoms with Crippen LogP contribution in [0, 0.1) is 0 Å². The van der Waals surface area contributed by atoms with Gasteiger partial charge >= 0.3 is 5.97 Å². The number of carbonyl (C=O) groups excluding carboxylic acids is 2. The first-order valence-corrected chi connectivity index (χ1v) is 10.2. The molecule has 7 heteroatoms. The van der Waals surface area contributed by atoms with Crippen molar-refractivity contribution in [2.45, 2.75) is 19.8 Å². The average Bonchev–Trinajstić information content (AvgIpc) is 3.33. The van der Waals surface area contributed by atoms with Crippen LogP contribution in [-0.2, 0) is 4.79 Å². The molecule has 0 radical (unpaired) electrons. The van der Waals surface area contributed by atoms with Crippen LogP contribution in [0.2, 0.25) is 0 Å². The molecule has 0 aliphatic heterocycles. The lowest BCUT2D eigenvalue weighted by Crippen LogP contribution is -2.16. The number of nitrogens with one attached hydrogen (secondary N) is 1. The summed E-state index contributed by atoms with van der Waals surface area (Å²) in [5.74, 6) is 0.524. The van der Waals surface area contributed by atoms with Crippen LogP contribution < -0.4 is 14.8 Å². The van der Waals surface area contributed by atoms with E-state index in [1.165, 1.54) is 13.5 Å². The minimum atomic E-state index is -0.399. The number of carbonyl (C=O) groups is 2. The number of hydrogen-bond donors (Lipinski definition) is 1. The predicted molar refractivity (Wildman–Crippen MR) is 121 cm³/mol. The Morgan fingerprint density at radius 1 is 1.03 bits per heavy atom. The number of rotatable bonds is 7. The normalized spacial score (nSPS) is 10.7. The Bertz CT molecular complexity index is 1260. The molecule has 32 heavy (non-hydrogen) atoms. The maximum absolute atomic E-state index is 13.2. The van der Waals surface area contributed by atoms with Crippen molar-refractivity contribution in [2.75, 3.05) is 12.4 Å². The average molecular weight is 430 g/mol. The van der Waals surface area contributed by atoms with E-state index in [1.54, 1.807) is 36.5 Å². The van der Waals surface area contributed by atoms with Crippen LogP contribution in [0.3, 0.4) is 0 Å². The topological polar surface area (TPSA) is 90.7 Å². The summed E-state index contributed by atoms with van der Waals surface area (Å²) in [5.41, 5.74) is 1.50. The number of fused-ring (bicyclic) bond motifs is 1. The maximum Gasteiger partial charge on any atom is 0.311 e. The quantitative estimate of drug-likeness (QED) is 0.309. The van der Waals surface area contributed by atoms with Gasteiger partial charge in [-0.1, -0.05) is 31.2 Å². The zero-order chi connectivity index (χ0) is 22.5. The first-order chi connectivity index (χ1) is 15.6. The number of amides is 1. The highest BCUT2D eigenvalue weighted by molar-refractivity contribution is 6.09. The number of ether oxygens (including phenoxy) is 2. The second-order valence-electron chi connectivity index (χ2n) is 7.15. The van der Waals surface area contributed by atoms with Crippen LogP contribution in [0.25, 0.3) is 22.1 Å². The van der Waals surface area contributed by atoms with E-state index >= 15 is 0 Å². The van der Waals surface area contributed by atoms with Crippen molar-refractivity contribution in [3.05, 3.63) is 72.8 Å². The minimum Gasteiger partial charge on any atom is -0.496 e. The third-order valence-electron chi connectivity index (χ3n) is 4.93. The van der Waals surface area contributed by atoms with E-state index in [0.29, 0.717) is 29.2 Å². The molecule has 1 amide bonds. The van der Waals surface area contributed by atoms with Crippen molar-refractivity contribution in [2.24, 2.45) is 0 Å². The molecule has 0 saturated carbocycles. The van der Waals surface area contributed by atoms with Gasteiger partial charge in [-0.05, 0) is 41.5 Å². The highest BCUT2D eigenvalue weighted by Crippen LogP contribution is 2.33. The Kier molecular flexibility index (Phi) is 6.17. The molecule has 0 aliphatic carbocycles. The molecule has 7 nitrogen and oxygen atoms in total. The monoisotopic (exact) mass is 430 g/mol.